The number of hydrogen-bond acceptors (Lipinski definition) is 3. The van der Waals surface area contributed by atoms with Crippen LogP contribution in [-0.2, 0) is 4.79 Å². The highest BCUT2D eigenvalue weighted by atomic mass is 16.2. The summed E-state index contributed by atoms with van der Waals surface area (Å²) in [4.78, 5) is 31.1. The van der Waals surface area contributed by atoms with Crippen molar-refractivity contribution < 1.29 is 9.59 Å². The van der Waals surface area contributed by atoms with Gasteiger partial charge in [0.05, 0.1) is 5.56 Å². The molecule has 2 aliphatic rings. The number of aromatic amines is 1. The number of carbonyl (C=O) groups excluding carboxylic acids is 2. The van der Waals surface area contributed by atoms with Gasteiger partial charge in [0.1, 0.15) is 11.8 Å². The fourth-order valence-electron chi connectivity index (χ4n) is 3.76. The lowest BCUT2D eigenvalue weighted by molar-refractivity contribution is -0.129. The minimum Gasteiger partial charge on any atom is -0.356 e. The molecule has 0 bridgehead atoms. The molecule has 0 unspecified atom stereocenters. The third-order valence-corrected chi connectivity index (χ3v) is 4.93. The van der Waals surface area contributed by atoms with E-state index < -0.39 is 0 Å². The molecule has 2 fully saturated rings. The molecule has 1 saturated heterocycles. The van der Waals surface area contributed by atoms with Crippen LogP contribution in [0.2, 0.25) is 0 Å². The molecule has 6 heteroatoms. The van der Waals surface area contributed by atoms with Gasteiger partial charge in [-0.1, -0.05) is 12.8 Å². The second-order valence-electron chi connectivity index (χ2n) is 6.65. The molecule has 1 atom stereocenters. The number of nitrogens with zero attached hydrogens (tertiary/aromatic N) is 3. The first-order chi connectivity index (χ1) is 11.1. The smallest absolute Gasteiger partial charge is 0.270 e. The van der Waals surface area contributed by atoms with Crippen molar-refractivity contribution in [2.24, 2.45) is 5.92 Å². The predicted octanol–water partition coefficient (Wildman–Crippen LogP) is 1.75. The summed E-state index contributed by atoms with van der Waals surface area (Å²) >= 11 is 0. The van der Waals surface area contributed by atoms with Crippen molar-refractivity contribution in [1.29, 1.82) is 5.26 Å². The van der Waals surface area contributed by atoms with Gasteiger partial charge in [0, 0.05) is 44.7 Å². The highest BCUT2D eigenvalue weighted by Crippen LogP contribution is 2.29. The third kappa shape index (κ3) is 3.24. The van der Waals surface area contributed by atoms with Crippen molar-refractivity contribution in [1.82, 2.24) is 14.8 Å². The average molecular weight is 314 g/mol. The van der Waals surface area contributed by atoms with Gasteiger partial charge in [-0.3, -0.25) is 9.59 Å². The SMILES string of the molecule is CN(C[C@@H]1CC(=O)N(C2CCCC2)C1)C(=O)c1cc(C#N)c[nH]1. The number of likely N-dealkylation sites (tertiary alicyclic amines) is 1. The molecule has 1 aromatic heterocycles. The molecule has 3 rings (SSSR count). The summed E-state index contributed by atoms with van der Waals surface area (Å²) < 4.78 is 0. The summed E-state index contributed by atoms with van der Waals surface area (Å²) in [7, 11) is 1.75. The number of hydrogen-bond donors (Lipinski definition) is 1. The Labute approximate surface area is 136 Å². The average Bonchev–Trinajstić information content (AvgIpc) is 3.26. The van der Waals surface area contributed by atoms with Crippen molar-refractivity contribution in [3.8, 4) is 6.07 Å². The second-order valence-corrected chi connectivity index (χ2v) is 6.65. The number of nitrogens with one attached hydrogen (secondary N) is 1. The van der Waals surface area contributed by atoms with E-state index in [4.69, 9.17) is 5.26 Å². The van der Waals surface area contributed by atoms with Crippen LogP contribution < -0.4 is 0 Å². The maximum Gasteiger partial charge on any atom is 0.270 e. The molecular weight excluding hydrogens is 292 g/mol. The van der Waals surface area contributed by atoms with E-state index >= 15 is 0 Å². The van der Waals surface area contributed by atoms with Crippen molar-refractivity contribution in [3.05, 3.63) is 23.5 Å². The van der Waals surface area contributed by atoms with E-state index in [1.165, 1.54) is 19.0 Å². The first-order valence-corrected chi connectivity index (χ1v) is 8.22. The number of H-pyrrole nitrogens is 1. The Morgan fingerprint density at radius 3 is 2.87 bits per heavy atom. The monoisotopic (exact) mass is 314 g/mol. The molecule has 1 aliphatic heterocycles. The summed E-state index contributed by atoms with van der Waals surface area (Å²) in [6, 6.07) is 3.97. The van der Waals surface area contributed by atoms with Crippen LogP contribution in [0.4, 0.5) is 0 Å². The number of rotatable bonds is 4. The molecule has 0 spiro atoms. The zero-order valence-corrected chi connectivity index (χ0v) is 13.4. The summed E-state index contributed by atoms with van der Waals surface area (Å²) in [6.07, 6.45) is 6.72. The van der Waals surface area contributed by atoms with Gasteiger partial charge in [0.25, 0.3) is 5.91 Å². The van der Waals surface area contributed by atoms with Crippen molar-refractivity contribution in [2.75, 3.05) is 20.1 Å². The minimum absolute atomic E-state index is 0.140. The fraction of sp³-hybridized carbons (Fsp3) is 0.588. The van der Waals surface area contributed by atoms with E-state index in [0.717, 1.165) is 19.4 Å². The molecule has 2 heterocycles. The molecule has 122 valence electrons. The Bertz CT molecular complexity index is 639. The van der Waals surface area contributed by atoms with Crippen LogP contribution in [0.3, 0.4) is 0 Å². The van der Waals surface area contributed by atoms with Gasteiger partial charge >= 0.3 is 0 Å². The lowest BCUT2D eigenvalue weighted by Gasteiger charge is -2.25. The molecule has 23 heavy (non-hydrogen) atoms. The standard InChI is InChI=1S/C17H22N4O2/c1-20(17(23)15-6-12(8-18)9-19-15)10-13-7-16(22)21(11-13)14-4-2-3-5-14/h6,9,13-14,19H,2-5,7,10-11H2,1H3/t13-/m0/s1. The van der Waals surface area contributed by atoms with E-state index in [1.54, 1.807) is 18.0 Å². The van der Waals surface area contributed by atoms with Gasteiger partial charge in [-0.15, -0.1) is 0 Å². The largest absolute Gasteiger partial charge is 0.356 e. The fourth-order valence-corrected chi connectivity index (χ4v) is 3.76. The molecule has 6 nitrogen and oxygen atoms in total. The Morgan fingerprint density at radius 2 is 2.22 bits per heavy atom. The Morgan fingerprint density at radius 1 is 1.48 bits per heavy atom. The highest BCUT2D eigenvalue weighted by Gasteiger charge is 2.36. The van der Waals surface area contributed by atoms with E-state index in [-0.39, 0.29) is 17.7 Å². The van der Waals surface area contributed by atoms with E-state index in [2.05, 4.69) is 4.98 Å². The molecule has 0 radical (unpaired) electrons. The molecule has 1 N–H and O–H groups in total. The maximum atomic E-state index is 12.4. The lowest BCUT2D eigenvalue weighted by atomic mass is 10.1. The second kappa shape index (κ2) is 6.45. The number of carbonyl (C=O) groups is 2. The van der Waals surface area contributed by atoms with Gasteiger partial charge in [-0.2, -0.15) is 5.26 Å². The molecule has 1 aliphatic carbocycles. The van der Waals surface area contributed by atoms with Crippen LogP contribution in [-0.4, -0.2) is 52.8 Å². The van der Waals surface area contributed by atoms with Gasteiger partial charge in [-0.25, -0.2) is 0 Å². The molecule has 0 aromatic carbocycles. The van der Waals surface area contributed by atoms with Gasteiger partial charge in [0.15, 0.2) is 0 Å². The number of aromatic nitrogens is 1. The van der Waals surface area contributed by atoms with Crippen LogP contribution in [0.1, 0.15) is 48.2 Å². The number of nitriles is 1. The summed E-state index contributed by atoms with van der Waals surface area (Å²) in [5, 5.41) is 8.83. The van der Waals surface area contributed by atoms with Gasteiger partial charge in [-0.05, 0) is 18.9 Å². The van der Waals surface area contributed by atoms with Crippen LogP contribution in [0.15, 0.2) is 12.3 Å². The third-order valence-electron chi connectivity index (χ3n) is 4.93. The highest BCUT2D eigenvalue weighted by molar-refractivity contribution is 5.92. The zero-order valence-electron chi connectivity index (χ0n) is 13.4. The van der Waals surface area contributed by atoms with Gasteiger partial charge < -0.3 is 14.8 Å². The summed E-state index contributed by atoms with van der Waals surface area (Å²) in [5.74, 6) is 0.287. The first kappa shape index (κ1) is 15.6. The molecule has 2 amide bonds. The minimum atomic E-state index is -0.140. The van der Waals surface area contributed by atoms with Crippen LogP contribution in [0.25, 0.3) is 0 Å². The topological polar surface area (TPSA) is 80.2 Å². The normalized spacial score (nSPS) is 21.7. The van der Waals surface area contributed by atoms with E-state index in [1.807, 2.05) is 11.0 Å². The quantitative estimate of drug-likeness (QED) is 0.919. The van der Waals surface area contributed by atoms with E-state index in [0.29, 0.717) is 30.3 Å². The van der Waals surface area contributed by atoms with Gasteiger partial charge in [0.2, 0.25) is 5.91 Å². The van der Waals surface area contributed by atoms with Crippen molar-refractivity contribution in [3.63, 3.8) is 0 Å². The predicted molar refractivity (Wildman–Crippen MR) is 84.5 cm³/mol. The summed E-state index contributed by atoms with van der Waals surface area (Å²) in [5.41, 5.74) is 0.867. The molecule has 1 saturated carbocycles. The summed E-state index contributed by atoms with van der Waals surface area (Å²) in [6.45, 7) is 1.32. The molecule has 1 aromatic rings. The Kier molecular flexibility index (Phi) is 4.37. The first-order valence-electron chi connectivity index (χ1n) is 8.22. The van der Waals surface area contributed by atoms with Crippen LogP contribution in [0.5, 0.6) is 0 Å². The number of amides is 2. The van der Waals surface area contributed by atoms with Crippen molar-refractivity contribution >= 4 is 11.8 Å². The van der Waals surface area contributed by atoms with Crippen LogP contribution >= 0.6 is 0 Å². The Balaban J connectivity index is 1.57. The zero-order chi connectivity index (χ0) is 16.4. The Hall–Kier alpha value is -2.29. The molecular formula is C17H22N4O2. The maximum absolute atomic E-state index is 12.4. The van der Waals surface area contributed by atoms with E-state index in [9.17, 15) is 9.59 Å². The van der Waals surface area contributed by atoms with Crippen molar-refractivity contribution in [2.45, 2.75) is 38.1 Å². The lowest BCUT2D eigenvalue weighted by Crippen LogP contribution is -2.36. The van der Waals surface area contributed by atoms with Crippen LogP contribution in [0, 0.1) is 17.2 Å².